The molecule has 1 aliphatic rings. The third-order valence-electron chi connectivity index (χ3n) is 3.51. The van der Waals surface area contributed by atoms with Crippen LogP contribution in [0.5, 0.6) is 0 Å². The average Bonchev–Trinajstić information content (AvgIpc) is 2.75. The molecule has 1 unspecified atom stereocenters. The molecule has 112 valence electrons. The number of rotatable bonds is 4. The number of hydrogen-bond donors (Lipinski definition) is 2. The van der Waals surface area contributed by atoms with Crippen molar-refractivity contribution in [3.8, 4) is 0 Å². The van der Waals surface area contributed by atoms with Gasteiger partial charge in [0.05, 0.1) is 0 Å². The van der Waals surface area contributed by atoms with Crippen LogP contribution in [0, 0.1) is 5.82 Å². The number of halogens is 1. The zero-order chi connectivity index (χ0) is 14.8. The molecule has 0 spiro atoms. The molecule has 0 amide bonds. The zero-order valence-electron chi connectivity index (χ0n) is 12.8. The normalized spacial score (nSPS) is 20.4. The Morgan fingerprint density at radius 2 is 2.20 bits per heavy atom. The van der Waals surface area contributed by atoms with Crippen LogP contribution in [0.1, 0.15) is 32.8 Å². The second-order valence-corrected chi connectivity index (χ2v) is 6.63. The van der Waals surface area contributed by atoms with Crippen molar-refractivity contribution in [3.63, 3.8) is 0 Å². The SMILES string of the molecule is CN1CCC(Nc2nccc(CNC(C)(C)C)c2F)C1. The van der Waals surface area contributed by atoms with E-state index in [2.05, 4.69) is 48.3 Å². The molecule has 1 saturated heterocycles. The Hall–Kier alpha value is -1.20. The molecule has 5 heteroatoms. The smallest absolute Gasteiger partial charge is 0.169 e. The van der Waals surface area contributed by atoms with Gasteiger partial charge in [-0.3, -0.25) is 0 Å². The summed E-state index contributed by atoms with van der Waals surface area (Å²) in [6, 6.07) is 2.02. The lowest BCUT2D eigenvalue weighted by atomic mass is 10.1. The van der Waals surface area contributed by atoms with Gasteiger partial charge in [0.15, 0.2) is 11.6 Å². The zero-order valence-corrected chi connectivity index (χ0v) is 12.8. The van der Waals surface area contributed by atoms with Gasteiger partial charge in [0.1, 0.15) is 0 Å². The lowest BCUT2D eigenvalue weighted by Crippen LogP contribution is -2.35. The van der Waals surface area contributed by atoms with Crippen LogP contribution in [0.15, 0.2) is 12.3 Å². The van der Waals surface area contributed by atoms with Gasteiger partial charge in [0.2, 0.25) is 0 Å². The molecule has 2 N–H and O–H groups in total. The lowest BCUT2D eigenvalue weighted by molar-refractivity contribution is 0.413. The minimum Gasteiger partial charge on any atom is -0.364 e. The Morgan fingerprint density at radius 3 is 2.80 bits per heavy atom. The average molecular weight is 280 g/mol. The molecule has 4 nitrogen and oxygen atoms in total. The molecule has 20 heavy (non-hydrogen) atoms. The fourth-order valence-electron chi connectivity index (χ4n) is 2.33. The fraction of sp³-hybridized carbons (Fsp3) is 0.667. The number of likely N-dealkylation sites (N-methyl/N-ethyl adjacent to an activating group) is 1. The summed E-state index contributed by atoms with van der Waals surface area (Å²) in [4.78, 5) is 6.38. The van der Waals surface area contributed by atoms with Crippen molar-refractivity contribution in [1.82, 2.24) is 15.2 Å². The molecular formula is C15H25FN4. The van der Waals surface area contributed by atoms with Crippen LogP contribution < -0.4 is 10.6 Å². The molecule has 0 radical (unpaired) electrons. The second kappa shape index (κ2) is 6.06. The van der Waals surface area contributed by atoms with Crippen molar-refractivity contribution in [2.24, 2.45) is 0 Å². The molecular weight excluding hydrogens is 255 g/mol. The van der Waals surface area contributed by atoms with Crippen molar-refractivity contribution in [1.29, 1.82) is 0 Å². The van der Waals surface area contributed by atoms with Gasteiger partial charge in [-0.15, -0.1) is 0 Å². The molecule has 1 atom stereocenters. The van der Waals surface area contributed by atoms with Crippen molar-refractivity contribution >= 4 is 5.82 Å². The summed E-state index contributed by atoms with van der Waals surface area (Å²) in [7, 11) is 2.08. The van der Waals surface area contributed by atoms with Crippen LogP contribution in [-0.4, -0.2) is 41.6 Å². The predicted octanol–water partition coefficient (Wildman–Crippen LogP) is 2.22. The Labute approximate surface area is 120 Å². The first-order valence-electron chi connectivity index (χ1n) is 7.18. The number of aromatic nitrogens is 1. The van der Waals surface area contributed by atoms with Gasteiger partial charge in [-0.25, -0.2) is 9.37 Å². The molecule has 0 saturated carbocycles. The summed E-state index contributed by atoms with van der Waals surface area (Å²) in [5, 5.41) is 6.52. The number of pyridine rings is 1. The topological polar surface area (TPSA) is 40.2 Å². The summed E-state index contributed by atoms with van der Waals surface area (Å²) >= 11 is 0. The van der Waals surface area contributed by atoms with Crippen LogP contribution in [0.2, 0.25) is 0 Å². The fourth-order valence-corrected chi connectivity index (χ4v) is 2.33. The monoisotopic (exact) mass is 280 g/mol. The van der Waals surface area contributed by atoms with Crippen molar-refractivity contribution < 1.29 is 4.39 Å². The van der Waals surface area contributed by atoms with E-state index >= 15 is 0 Å². The molecule has 0 bridgehead atoms. The minimum atomic E-state index is -0.237. The molecule has 1 aliphatic heterocycles. The third kappa shape index (κ3) is 4.15. The maximum Gasteiger partial charge on any atom is 0.169 e. The first-order valence-corrected chi connectivity index (χ1v) is 7.18. The quantitative estimate of drug-likeness (QED) is 0.887. The van der Waals surface area contributed by atoms with E-state index in [-0.39, 0.29) is 17.4 Å². The van der Waals surface area contributed by atoms with Crippen molar-refractivity contribution in [2.45, 2.75) is 45.3 Å². The lowest BCUT2D eigenvalue weighted by Gasteiger charge is -2.21. The summed E-state index contributed by atoms with van der Waals surface area (Å²) in [5.74, 6) is 0.136. The molecule has 0 aromatic carbocycles. The van der Waals surface area contributed by atoms with E-state index in [4.69, 9.17) is 0 Å². The number of nitrogens with one attached hydrogen (secondary N) is 2. The van der Waals surface area contributed by atoms with Crippen LogP contribution in [0.3, 0.4) is 0 Å². The molecule has 1 aromatic rings. The highest BCUT2D eigenvalue weighted by molar-refractivity contribution is 5.41. The van der Waals surface area contributed by atoms with Gasteiger partial charge in [0.25, 0.3) is 0 Å². The number of anilines is 1. The highest BCUT2D eigenvalue weighted by atomic mass is 19.1. The van der Waals surface area contributed by atoms with E-state index < -0.39 is 0 Å². The summed E-state index contributed by atoms with van der Waals surface area (Å²) in [5.41, 5.74) is 0.626. The van der Waals surface area contributed by atoms with E-state index in [1.165, 1.54) is 0 Å². The third-order valence-corrected chi connectivity index (χ3v) is 3.51. The Kier molecular flexibility index (Phi) is 4.60. The summed E-state index contributed by atoms with van der Waals surface area (Å²) < 4.78 is 14.4. The first-order chi connectivity index (χ1) is 9.35. The van der Waals surface area contributed by atoms with Crippen LogP contribution in [0.4, 0.5) is 10.2 Å². The van der Waals surface area contributed by atoms with E-state index in [9.17, 15) is 4.39 Å². The van der Waals surface area contributed by atoms with E-state index in [1.54, 1.807) is 12.3 Å². The van der Waals surface area contributed by atoms with Gasteiger partial charge in [-0.05, 0) is 46.9 Å². The van der Waals surface area contributed by atoms with Crippen molar-refractivity contribution in [2.75, 3.05) is 25.5 Å². The van der Waals surface area contributed by atoms with Crippen molar-refractivity contribution in [3.05, 3.63) is 23.6 Å². The van der Waals surface area contributed by atoms with Gasteiger partial charge in [-0.2, -0.15) is 0 Å². The standard InChI is InChI=1S/C15H25FN4/c1-15(2,3)18-9-11-5-7-17-14(13(11)16)19-12-6-8-20(4)10-12/h5,7,12,18H,6,8-10H2,1-4H3,(H,17,19). The highest BCUT2D eigenvalue weighted by Gasteiger charge is 2.21. The maximum atomic E-state index is 14.4. The number of hydrogen-bond acceptors (Lipinski definition) is 4. The van der Waals surface area contributed by atoms with Gasteiger partial charge in [-0.1, -0.05) is 0 Å². The van der Waals surface area contributed by atoms with Crippen LogP contribution in [0.25, 0.3) is 0 Å². The van der Waals surface area contributed by atoms with Crippen LogP contribution in [-0.2, 0) is 6.54 Å². The highest BCUT2D eigenvalue weighted by Crippen LogP contribution is 2.19. The van der Waals surface area contributed by atoms with E-state index in [0.717, 1.165) is 19.5 Å². The maximum absolute atomic E-state index is 14.4. The van der Waals surface area contributed by atoms with Gasteiger partial charge < -0.3 is 15.5 Å². The first kappa shape index (κ1) is 15.2. The molecule has 2 rings (SSSR count). The number of likely N-dealkylation sites (tertiary alicyclic amines) is 1. The Bertz CT molecular complexity index is 456. The van der Waals surface area contributed by atoms with Gasteiger partial charge >= 0.3 is 0 Å². The second-order valence-electron chi connectivity index (χ2n) is 6.63. The van der Waals surface area contributed by atoms with Gasteiger partial charge in [0, 0.05) is 36.4 Å². The Morgan fingerprint density at radius 1 is 1.45 bits per heavy atom. The van der Waals surface area contributed by atoms with Crippen LogP contribution >= 0.6 is 0 Å². The largest absolute Gasteiger partial charge is 0.364 e. The molecule has 2 heterocycles. The predicted molar refractivity (Wildman–Crippen MR) is 80.3 cm³/mol. The number of nitrogens with zero attached hydrogens (tertiary/aromatic N) is 2. The summed E-state index contributed by atoms with van der Waals surface area (Å²) in [6.45, 7) is 8.70. The van der Waals surface area contributed by atoms with E-state index in [1.807, 2.05) is 0 Å². The summed E-state index contributed by atoms with van der Waals surface area (Å²) in [6.07, 6.45) is 2.70. The Balaban J connectivity index is 2.03. The minimum absolute atomic E-state index is 0.0303. The molecule has 0 aliphatic carbocycles. The molecule has 1 fully saturated rings. The van der Waals surface area contributed by atoms with E-state index in [0.29, 0.717) is 17.9 Å². The molecule has 1 aromatic heterocycles.